The molecule has 5 nitrogen and oxygen atoms in total. The molecule has 0 amide bonds. The number of piperidine rings is 1. The third kappa shape index (κ3) is 3.66. The highest BCUT2D eigenvalue weighted by molar-refractivity contribution is 7.07. The van der Waals surface area contributed by atoms with Gasteiger partial charge in [-0.1, -0.05) is 5.21 Å². The van der Waals surface area contributed by atoms with Crippen LogP contribution in [-0.2, 0) is 18.6 Å². The molecule has 1 spiro atoms. The third-order valence-corrected chi connectivity index (χ3v) is 6.48. The smallest absolute Gasteiger partial charge is 0.0967 e. The van der Waals surface area contributed by atoms with E-state index in [0.717, 1.165) is 18.8 Å². The summed E-state index contributed by atoms with van der Waals surface area (Å²) >= 11 is 1.79. The molecule has 0 aromatic carbocycles. The zero-order valence-corrected chi connectivity index (χ0v) is 16.4. The van der Waals surface area contributed by atoms with E-state index in [2.05, 4.69) is 64.3 Å². The fourth-order valence-corrected chi connectivity index (χ4v) is 4.76. The van der Waals surface area contributed by atoms with Gasteiger partial charge in [-0.25, -0.2) is 4.68 Å². The van der Waals surface area contributed by atoms with Gasteiger partial charge in [-0.2, -0.15) is 11.3 Å². The van der Waals surface area contributed by atoms with Crippen LogP contribution in [0.25, 0.3) is 0 Å². The van der Waals surface area contributed by atoms with E-state index in [4.69, 9.17) is 0 Å². The molecule has 1 N–H and O–H groups in total. The van der Waals surface area contributed by atoms with Crippen molar-refractivity contribution >= 4 is 11.3 Å². The summed E-state index contributed by atoms with van der Waals surface area (Å²) in [5, 5.41) is 16.8. The number of aromatic nitrogens is 3. The van der Waals surface area contributed by atoms with Crippen LogP contribution in [0.4, 0.5) is 0 Å². The Hall–Kier alpha value is -1.24. The maximum absolute atomic E-state index is 4.46. The first kappa shape index (κ1) is 17.2. The molecule has 2 aliphatic rings. The summed E-state index contributed by atoms with van der Waals surface area (Å²) < 4.78 is 1.98. The summed E-state index contributed by atoms with van der Waals surface area (Å²) in [5.41, 5.74) is 3.03. The Morgan fingerprint density at radius 2 is 2.12 bits per heavy atom. The van der Waals surface area contributed by atoms with E-state index in [-0.39, 0.29) is 5.54 Å². The van der Waals surface area contributed by atoms with E-state index in [1.165, 1.54) is 37.9 Å². The molecule has 2 fully saturated rings. The summed E-state index contributed by atoms with van der Waals surface area (Å²) in [6, 6.07) is 2.94. The molecule has 2 aromatic rings. The van der Waals surface area contributed by atoms with Crippen molar-refractivity contribution in [3.05, 3.63) is 34.3 Å². The van der Waals surface area contributed by atoms with Crippen molar-refractivity contribution in [1.29, 1.82) is 0 Å². The Morgan fingerprint density at radius 1 is 1.32 bits per heavy atom. The van der Waals surface area contributed by atoms with Crippen molar-refractivity contribution in [3.63, 3.8) is 0 Å². The molecule has 25 heavy (non-hydrogen) atoms. The van der Waals surface area contributed by atoms with Crippen LogP contribution < -0.4 is 5.32 Å². The third-order valence-electron chi connectivity index (χ3n) is 5.75. The average molecular weight is 360 g/mol. The highest BCUT2D eigenvalue weighted by atomic mass is 32.1. The maximum atomic E-state index is 4.46. The van der Waals surface area contributed by atoms with Crippen LogP contribution in [0.15, 0.2) is 23.0 Å². The van der Waals surface area contributed by atoms with Crippen LogP contribution in [0.5, 0.6) is 0 Å². The summed E-state index contributed by atoms with van der Waals surface area (Å²) in [6.45, 7) is 10.8. The highest BCUT2D eigenvalue weighted by Crippen LogP contribution is 2.56. The van der Waals surface area contributed by atoms with Gasteiger partial charge < -0.3 is 5.32 Å². The topological polar surface area (TPSA) is 46.0 Å². The lowest BCUT2D eigenvalue weighted by molar-refractivity contribution is 0.186. The highest BCUT2D eigenvalue weighted by Gasteiger charge is 2.56. The van der Waals surface area contributed by atoms with Crippen molar-refractivity contribution < 1.29 is 0 Å². The predicted molar refractivity (Wildman–Crippen MR) is 102 cm³/mol. The van der Waals surface area contributed by atoms with Crippen LogP contribution in [0.3, 0.4) is 0 Å². The summed E-state index contributed by atoms with van der Waals surface area (Å²) in [7, 11) is 0. The first-order chi connectivity index (χ1) is 12.0. The van der Waals surface area contributed by atoms with Crippen molar-refractivity contribution in [2.45, 2.75) is 64.7 Å². The lowest BCUT2D eigenvalue weighted by Crippen LogP contribution is -2.35. The second-order valence-electron chi connectivity index (χ2n) is 8.69. The molecule has 0 radical (unpaired) electrons. The van der Waals surface area contributed by atoms with Crippen molar-refractivity contribution in [3.8, 4) is 0 Å². The summed E-state index contributed by atoms with van der Waals surface area (Å²) in [4.78, 5) is 2.64. The average Bonchev–Trinajstić information content (AvgIpc) is 3.00. The van der Waals surface area contributed by atoms with Gasteiger partial charge >= 0.3 is 0 Å². The molecule has 1 atom stereocenters. The fraction of sp³-hybridized carbons (Fsp3) is 0.684. The number of nitrogens with zero attached hydrogens (tertiary/aromatic N) is 4. The zero-order chi connectivity index (χ0) is 17.5. The van der Waals surface area contributed by atoms with Crippen LogP contribution >= 0.6 is 11.3 Å². The van der Waals surface area contributed by atoms with Crippen LogP contribution in [-0.4, -0.2) is 39.0 Å². The number of thiophene rings is 1. The SMILES string of the molecule is CC(C)(C)n1cc(CN(Cc2ccsc2)C2CC23CCNCC3)nn1. The zero-order valence-electron chi connectivity index (χ0n) is 15.5. The molecule has 1 saturated carbocycles. The molecule has 3 heterocycles. The van der Waals surface area contributed by atoms with Gasteiger partial charge in [0.25, 0.3) is 0 Å². The molecular weight excluding hydrogens is 330 g/mol. The Morgan fingerprint density at radius 3 is 2.76 bits per heavy atom. The normalized spacial score (nSPS) is 22.6. The number of hydrogen-bond acceptors (Lipinski definition) is 5. The van der Waals surface area contributed by atoms with Gasteiger partial charge in [0.05, 0.1) is 17.4 Å². The largest absolute Gasteiger partial charge is 0.317 e. The quantitative estimate of drug-likeness (QED) is 0.890. The van der Waals surface area contributed by atoms with Crippen LogP contribution in [0, 0.1) is 5.41 Å². The summed E-state index contributed by atoms with van der Waals surface area (Å²) in [6.07, 6.45) is 6.09. The first-order valence-corrected chi connectivity index (χ1v) is 10.3. The lowest BCUT2D eigenvalue weighted by atomic mass is 9.93. The van der Waals surface area contributed by atoms with Gasteiger partial charge in [0.2, 0.25) is 0 Å². The molecule has 0 bridgehead atoms. The Balaban J connectivity index is 1.51. The monoisotopic (exact) mass is 359 g/mol. The molecule has 2 aromatic heterocycles. The van der Waals surface area contributed by atoms with Gasteiger partial charge in [-0.15, -0.1) is 5.10 Å². The number of hydrogen-bond donors (Lipinski definition) is 1. The molecule has 1 saturated heterocycles. The first-order valence-electron chi connectivity index (χ1n) is 9.34. The van der Waals surface area contributed by atoms with E-state index >= 15 is 0 Å². The Kier molecular flexibility index (Phi) is 4.46. The van der Waals surface area contributed by atoms with Crippen LogP contribution in [0.1, 0.15) is 51.3 Å². The van der Waals surface area contributed by atoms with E-state index in [1.807, 2.05) is 4.68 Å². The van der Waals surface area contributed by atoms with Gasteiger partial charge in [0.1, 0.15) is 0 Å². The molecule has 136 valence electrons. The van der Waals surface area contributed by atoms with Gasteiger partial charge in [-0.3, -0.25) is 4.90 Å². The lowest BCUT2D eigenvalue weighted by Gasteiger charge is -2.29. The minimum Gasteiger partial charge on any atom is -0.317 e. The molecule has 4 rings (SSSR count). The fourth-order valence-electron chi connectivity index (χ4n) is 4.10. The molecule has 1 unspecified atom stereocenters. The second kappa shape index (κ2) is 6.49. The van der Waals surface area contributed by atoms with E-state index in [9.17, 15) is 0 Å². The minimum absolute atomic E-state index is 0.0146. The standard InChI is InChI=1S/C19H29N5S/c1-18(2,3)24-13-16(21-22-24)12-23(11-15-4-9-25-14-15)17-10-19(17)5-7-20-8-6-19/h4,9,13-14,17,20H,5-8,10-12H2,1-3H3. The predicted octanol–water partition coefficient (Wildman–Crippen LogP) is 3.24. The molecule has 6 heteroatoms. The maximum Gasteiger partial charge on any atom is 0.0967 e. The second-order valence-corrected chi connectivity index (χ2v) is 9.47. The minimum atomic E-state index is -0.0146. The van der Waals surface area contributed by atoms with Crippen LogP contribution in [0.2, 0.25) is 0 Å². The van der Waals surface area contributed by atoms with Gasteiger partial charge in [0, 0.05) is 19.1 Å². The number of nitrogens with one attached hydrogen (secondary N) is 1. The van der Waals surface area contributed by atoms with Gasteiger partial charge in [-0.05, 0) is 80.9 Å². The molecule has 1 aliphatic heterocycles. The number of rotatable bonds is 5. The Bertz CT molecular complexity index is 694. The van der Waals surface area contributed by atoms with Gasteiger partial charge in [0.15, 0.2) is 0 Å². The molecule has 1 aliphatic carbocycles. The Labute approximate surface area is 154 Å². The van der Waals surface area contributed by atoms with Crippen molar-refractivity contribution in [1.82, 2.24) is 25.2 Å². The molecular formula is C19H29N5S. The van der Waals surface area contributed by atoms with E-state index in [0.29, 0.717) is 11.5 Å². The van der Waals surface area contributed by atoms with E-state index in [1.54, 1.807) is 11.3 Å². The summed E-state index contributed by atoms with van der Waals surface area (Å²) in [5.74, 6) is 0. The van der Waals surface area contributed by atoms with Crippen molar-refractivity contribution in [2.24, 2.45) is 5.41 Å². The van der Waals surface area contributed by atoms with E-state index < -0.39 is 0 Å². The van der Waals surface area contributed by atoms with Crippen molar-refractivity contribution in [2.75, 3.05) is 13.1 Å².